The number of hydrogen-bond acceptors (Lipinski definition) is 6. The van der Waals surface area contributed by atoms with Crippen LogP contribution in [0.4, 0.5) is 17.6 Å². The number of alkyl halides is 2. The number of likely N-dealkylation sites (tertiary alicyclic amines) is 1. The molecule has 1 aromatic carbocycles. The lowest BCUT2D eigenvalue weighted by Crippen LogP contribution is -2.44. The van der Waals surface area contributed by atoms with Crippen molar-refractivity contribution in [2.45, 2.75) is 96.7 Å². The molecule has 11 heteroatoms. The Labute approximate surface area is 312 Å². The fourth-order valence-corrected chi connectivity index (χ4v) is 7.66. The lowest BCUT2D eigenvalue weighted by molar-refractivity contribution is -0.0867. The molecular weight excluding hydrogens is 680 g/mol. The number of allylic oxidation sites excluding steroid dienone is 9. The lowest BCUT2D eigenvalue weighted by atomic mass is 9.75. The van der Waals surface area contributed by atoms with E-state index in [9.17, 15) is 18.0 Å². The molecule has 2 aromatic rings. The molecule has 5 rings (SSSR count). The van der Waals surface area contributed by atoms with Crippen molar-refractivity contribution in [2.24, 2.45) is 5.41 Å². The Hall–Kier alpha value is -3.54. The van der Waals surface area contributed by atoms with Crippen molar-refractivity contribution < 1.29 is 17.6 Å². The van der Waals surface area contributed by atoms with Crippen LogP contribution in [0.3, 0.4) is 0 Å². The molecule has 0 spiro atoms. The van der Waals surface area contributed by atoms with Gasteiger partial charge in [-0.25, -0.2) is 22.5 Å². The van der Waals surface area contributed by atoms with E-state index in [1.165, 1.54) is 25.2 Å². The highest BCUT2D eigenvalue weighted by Gasteiger charge is 2.50. The quantitative estimate of drug-likeness (QED) is 0.174. The summed E-state index contributed by atoms with van der Waals surface area (Å²) in [5.74, 6) is -3.79. The molecule has 0 bridgehead atoms. The molecule has 1 aromatic heterocycles. The minimum Gasteiger partial charge on any atom is -0.363 e. The molecule has 0 radical (unpaired) electrons. The largest absolute Gasteiger partial charge is 0.363 e. The second-order valence-electron chi connectivity index (χ2n) is 15.4. The van der Waals surface area contributed by atoms with E-state index in [4.69, 9.17) is 4.98 Å². The highest BCUT2D eigenvalue weighted by Crippen LogP contribution is 2.49. The Balaban J connectivity index is 1.61. The van der Waals surface area contributed by atoms with Gasteiger partial charge < -0.3 is 20.0 Å². The van der Waals surface area contributed by atoms with E-state index in [1.807, 2.05) is 39.2 Å². The Morgan fingerprint density at radius 2 is 1.87 bits per heavy atom. The van der Waals surface area contributed by atoms with Crippen LogP contribution < -0.4 is 10.9 Å². The smallest absolute Gasteiger partial charge is 0.262 e. The van der Waals surface area contributed by atoms with Gasteiger partial charge >= 0.3 is 0 Å². The lowest BCUT2D eigenvalue weighted by Gasteiger charge is -2.39. The maximum absolute atomic E-state index is 15.6. The normalized spacial score (nSPS) is 22.6. The molecule has 1 fully saturated rings. The van der Waals surface area contributed by atoms with Crippen LogP contribution >= 0.6 is 0 Å². The second kappa shape index (κ2) is 17.7. The van der Waals surface area contributed by atoms with Crippen molar-refractivity contribution in [3.8, 4) is 0 Å². The second-order valence-corrected chi connectivity index (χ2v) is 15.4. The number of para-hydroxylation sites is 1. The molecule has 290 valence electrons. The molecule has 3 atom stereocenters. The molecule has 53 heavy (non-hydrogen) atoms. The molecule has 0 saturated carbocycles. The van der Waals surface area contributed by atoms with Crippen LogP contribution in [0.25, 0.3) is 10.9 Å². The zero-order chi connectivity index (χ0) is 38.3. The van der Waals surface area contributed by atoms with Crippen molar-refractivity contribution in [1.29, 1.82) is 0 Å². The Bertz CT molecular complexity index is 1780. The summed E-state index contributed by atoms with van der Waals surface area (Å²) in [5.41, 5.74) is 0.0524. The Morgan fingerprint density at radius 1 is 1.13 bits per heavy atom. The summed E-state index contributed by atoms with van der Waals surface area (Å²) in [7, 11) is 4.01. The predicted molar refractivity (Wildman–Crippen MR) is 207 cm³/mol. The third-order valence-electron chi connectivity index (χ3n) is 11.3. The summed E-state index contributed by atoms with van der Waals surface area (Å²) in [5, 5.41) is 4.30. The molecule has 3 unspecified atom stereocenters. The van der Waals surface area contributed by atoms with E-state index in [2.05, 4.69) is 33.0 Å². The van der Waals surface area contributed by atoms with Gasteiger partial charge in [-0.3, -0.25) is 9.36 Å². The van der Waals surface area contributed by atoms with Crippen LogP contribution in [0.15, 0.2) is 88.4 Å². The minimum atomic E-state index is -3.22. The van der Waals surface area contributed by atoms with Crippen LogP contribution in [0.2, 0.25) is 0 Å². The van der Waals surface area contributed by atoms with Gasteiger partial charge in [0, 0.05) is 38.2 Å². The van der Waals surface area contributed by atoms with Crippen LogP contribution in [0, 0.1) is 5.41 Å². The summed E-state index contributed by atoms with van der Waals surface area (Å²) in [6.07, 6.45) is 13.7. The van der Waals surface area contributed by atoms with Crippen LogP contribution in [0.5, 0.6) is 0 Å². The van der Waals surface area contributed by atoms with Crippen molar-refractivity contribution in [3.05, 3.63) is 99.8 Å². The molecule has 2 heterocycles. The number of fused-ring (bicyclic) bond motifs is 1. The van der Waals surface area contributed by atoms with E-state index >= 15 is 4.39 Å². The summed E-state index contributed by atoms with van der Waals surface area (Å²) in [4.78, 5) is 26.6. The maximum atomic E-state index is 15.6. The number of piperidine rings is 1. The first kappa shape index (κ1) is 40.6. The first-order valence-corrected chi connectivity index (χ1v) is 19.3. The van der Waals surface area contributed by atoms with Gasteiger partial charge in [0.05, 0.1) is 28.4 Å². The van der Waals surface area contributed by atoms with Gasteiger partial charge in [0.1, 0.15) is 17.5 Å². The Kier molecular flexibility index (Phi) is 13.6. The highest BCUT2D eigenvalue weighted by atomic mass is 19.3. The maximum Gasteiger partial charge on any atom is 0.262 e. The number of rotatable bonds is 16. The SMILES string of the molecule is CC/C=C(/CC1=CCC(C)(C(C)(F)F)C(F)=C1)N(CCN(C)C)C(CCNC1CCN(CC)CC1)c1nc2ccccc2c(=O)n1C1C=CC(F)=CC1. The van der Waals surface area contributed by atoms with E-state index < -0.39 is 29.2 Å². The average molecular weight is 739 g/mol. The zero-order valence-electron chi connectivity index (χ0n) is 32.4. The number of likely N-dealkylation sites (N-methyl/N-ethyl adjacent to an activating group) is 1. The summed E-state index contributed by atoms with van der Waals surface area (Å²) in [6, 6.07) is 6.86. The van der Waals surface area contributed by atoms with Crippen LogP contribution in [0.1, 0.15) is 90.5 Å². The fourth-order valence-electron chi connectivity index (χ4n) is 7.66. The van der Waals surface area contributed by atoms with E-state index in [0.29, 0.717) is 73.7 Å². The predicted octanol–water partition coefficient (Wildman–Crippen LogP) is 8.65. The molecule has 1 saturated heterocycles. The first-order chi connectivity index (χ1) is 25.2. The number of halogens is 4. The van der Waals surface area contributed by atoms with E-state index in [1.54, 1.807) is 22.8 Å². The van der Waals surface area contributed by atoms with Gasteiger partial charge in [0.2, 0.25) is 0 Å². The summed E-state index contributed by atoms with van der Waals surface area (Å²) >= 11 is 0. The van der Waals surface area contributed by atoms with Gasteiger partial charge in [-0.1, -0.05) is 44.2 Å². The monoisotopic (exact) mass is 738 g/mol. The molecule has 7 nitrogen and oxygen atoms in total. The molecule has 2 aliphatic carbocycles. The van der Waals surface area contributed by atoms with Gasteiger partial charge in [0.25, 0.3) is 11.5 Å². The molecule has 0 amide bonds. The number of aromatic nitrogens is 2. The summed E-state index contributed by atoms with van der Waals surface area (Å²) in [6.45, 7) is 11.3. The molecule has 1 aliphatic heterocycles. The fraction of sp³-hybridized carbons (Fsp3) is 0.571. The number of nitrogens with zero attached hydrogens (tertiary/aromatic N) is 5. The van der Waals surface area contributed by atoms with Crippen LogP contribution in [-0.2, 0) is 0 Å². The third kappa shape index (κ3) is 9.59. The highest BCUT2D eigenvalue weighted by molar-refractivity contribution is 5.77. The number of benzene rings is 1. The Morgan fingerprint density at radius 3 is 2.49 bits per heavy atom. The summed E-state index contributed by atoms with van der Waals surface area (Å²) < 4.78 is 60.8. The molecular formula is C42H58F4N6O. The van der Waals surface area contributed by atoms with Gasteiger partial charge in [-0.05, 0) is 122 Å². The average Bonchev–Trinajstić information content (AvgIpc) is 3.12. The van der Waals surface area contributed by atoms with Crippen molar-refractivity contribution in [1.82, 2.24) is 29.6 Å². The van der Waals surface area contributed by atoms with E-state index in [0.717, 1.165) is 45.1 Å². The van der Waals surface area contributed by atoms with Gasteiger partial charge in [-0.15, -0.1) is 0 Å². The third-order valence-corrected chi connectivity index (χ3v) is 11.3. The standard InChI is InChI=1S/C42H58F4N6O/c1-7-11-34(28-30-18-22-41(3,38(44)29-30)42(4,45)46)51(27-26-49(5)6)37(19-23-47-32-20-24-50(8-2)25-21-32)39-48-36-13-10-9-12-35(36)40(53)52(39)33-16-14-31(43)15-17-33/h9-16,18,29,32-33,37,47H,7-8,17,19-28H2,1-6H3/b34-11-. The number of hydrogen-bond donors (Lipinski definition) is 1. The topological polar surface area (TPSA) is 56.6 Å². The first-order valence-electron chi connectivity index (χ1n) is 19.3. The molecule has 1 N–H and O–H groups in total. The zero-order valence-corrected chi connectivity index (χ0v) is 32.4. The molecule has 3 aliphatic rings. The minimum absolute atomic E-state index is 0.112. The van der Waals surface area contributed by atoms with Crippen molar-refractivity contribution >= 4 is 10.9 Å². The van der Waals surface area contributed by atoms with Gasteiger partial charge in [-0.2, -0.15) is 0 Å². The van der Waals surface area contributed by atoms with Crippen LogP contribution in [-0.4, -0.2) is 89.6 Å². The number of nitrogens with one attached hydrogen (secondary N) is 1. The van der Waals surface area contributed by atoms with Gasteiger partial charge in [0.15, 0.2) is 0 Å². The van der Waals surface area contributed by atoms with E-state index in [-0.39, 0.29) is 17.8 Å². The van der Waals surface area contributed by atoms with Crippen molar-refractivity contribution in [3.63, 3.8) is 0 Å². The van der Waals surface area contributed by atoms with Crippen molar-refractivity contribution in [2.75, 3.05) is 53.4 Å².